The van der Waals surface area contributed by atoms with Crippen LogP contribution in [0.5, 0.6) is 5.75 Å². The van der Waals surface area contributed by atoms with Gasteiger partial charge in [-0.05, 0) is 26.8 Å². The molecule has 2 atom stereocenters. The van der Waals surface area contributed by atoms with E-state index in [1.807, 2.05) is 0 Å². The predicted octanol–water partition coefficient (Wildman–Crippen LogP) is -0.0460. The molecule has 0 saturated carbocycles. The minimum atomic E-state index is -5.05. The van der Waals surface area contributed by atoms with Gasteiger partial charge in [0.05, 0.1) is 17.8 Å². The van der Waals surface area contributed by atoms with E-state index in [0.717, 1.165) is 29.7 Å². The van der Waals surface area contributed by atoms with Gasteiger partial charge in [0.1, 0.15) is 11.4 Å². The topological polar surface area (TPSA) is 236 Å². The van der Waals surface area contributed by atoms with E-state index >= 15 is 0 Å². The number of thiazole rings is 1. The number of hydrogen-bond donors (Lipinski definition) is 5. The van der Waals surface area contributed by atoms with Gasteiger partial charge in [-0.1, -0.05) is 11.7 Å². The number of aromatic hydroxyl groups is 1. The van der Waals surface area contributed by atoms with Crippen LogP contribution in [0.2, 0.25) is 0 Å². The molecule has 0 aliphatic rings. The molecule has 2 amide bonds. The summed E-state index contributed by atoms with van der Waals surface area (Å²) in [7, 11) is -5.05. The van der Waals surface area contributed by atoms with Crippen molar-refractivity contribution < 1.29 is 42.0 Å². The van der Waals surface area contributed by atoms with Gasteiger partial charge in [-0.3, -0.25) is 18.9 Å². The molecule has 0 bridgehead atoms. The zero-order valence-electron chi connectivity index (χ0n) is 19.6. The molecule has 18 heteroatoms. The molecule has 0 fully saturated rings. The van der Waals surface area contributed by atoms with E-state index in [1.165, 1.54) is 26.2 Å². The van der Waals surface area contributed by atoms with Crippen LogP contribution in [0.1, 0.15) is 38.3 Å². The fourth-order valence-corrected chi connectivity index (χ4v) is 3.63. The summed E-state index contributed by atoms with van der Waals surface area (Å²) in [5.41, 5.74) is 2.66. The second-order valence-electron chi connectivity index (χ2n) is 7.85. The van der Waals surface area contributed by atoms with E-state index in [2.05, 4.69) is 26.3 Å². The third-order valence-corrected chi connectivity index (χ3v) is 6.05. The Morgan fingerprint density at radius 1 is 1.46 bits per heavy atom. The Morgan fingerprint density at radius 2 is 2.11 bits per heavy atom. The highest BCUT2D eigenvalue weighted by Gasteiger charge is 2.38. The summed E-state index contributed by atoms with van der Waals surface area (Å²) >= 11 is 0.980. The standard InChI is InChI=1S/C19H24N6O10S2/c1-5-15(12-6-13(27)14(28)7-24(12)30)34-23-16(11-8-36-18(20)22-11)17(29)21-10(2)19(3,4)25(9-26)35-37(31,32)33/h5-10,15,28,30H,1H2,2-4H3,(H2,20,22)(H,21,29)(H,31,32,33)/b23-16-. The predicted molar refractivity (Wildman–Crippen MR) is 129 cm³/mol. The summed E-state index contributed by atoms with van der Waals surface area (Å²) in [6.07, 6.45) is 0.594. The number of aromatic nitrogens is 2. The van der Waals surface area contributed by atoms with Crippen LogP contribution >= 0.6 is 11.3 Å². The van der Waals surface area contributed by atoms with Crippen molar-refractivity contribution >= 4 is 44.9 Å². The Labute approximate surface area is 214 Å². The molecule has 0 spiro atoms. The Balaban J connectivity index is 2.39. The number of anilines is 1. The minimum absolute atomic E-state index is 0.00355. The lowest BCUT2D eigenvalue weighted by molar-refractivity contribution is -0.166. The minimum Gasteiger partial charge on any atom is -0.503 e. The first-order valence-electron chi connectivity index (χ1n) is 10.1. The molecule has 0 saturated heterocycles. The summed E-state index contributed by atoms with van der Waals surface area (Å²) < 4.78 is 35.7. The van der Waals surface area contributed by atoms with E-state index in [4.69, 9.17) is 15.1 Å². The number of nitrogens with one attached hydrogen (secondary N) is 1. The smallest absolute Gasteiger partial charge is 0.418 e. The zero-order chi connectivity index (χ0) is 28.1. The number of nitrogens with zero attached hydrogens (tertiary/aromatic N) is 4. The number of hydroxylamine groups is 2. The van der Waals surface area contributed by atoms with Gasteiger partial charge in [0, 0.05) is 11.4 Å². The summed E-state index contributed by atoms with van der Waals surface area (Å²) in [6, 6.07) is -0.158. The lowest BCUT2D eigenvalue weighted by Gasteiger charge is -2.37. The van der Waals surface area contributed by atoms with Gasteiger partial charge in [-0.2, -0.15) is 18.2 Å². The maximum Gasteiger partial charge on any atom is 0.418 e. The van der Waals surface area contributed by atoms with Crippen LogP contribution in [0.4, 0.5) is 5.13 Å². The monoisotopic (exact) mass is 560 g/mol. The average molecular weight is 561 g/mol. The fraction of sp³-hybridized carbons (Fsp3) is 0.316. The van der Waals surface area contributed by atoms with Crippen LogP contribution < -0.4 is 16.5 Å². The van der Waals surface area contributed by atoms with Crippen LogP contribution in [0, 0.1) is 0 Å². The quantitative estimate of drug-likeness (QED) is 0.0574. The fourth-order valence-electron chi connectivity index (χ4n) is 2.65. The highest BCUT2D eigenvalue weighted by Crippen LogP contribution is 2.22. The van der Waals surface area contributed by atoms with Crippen molar-refractivity contribution in [3.05, 3.63) is 51.9 Å². The first kappa shape index (κ1) is 29.2. The molecule has 16 nitrogen and oxygen atoms in total. The number of nitrogens with two attached hydrogens (primary N) is 1. The highest BCUT2D eigenvalue weighted by molar-refractivity contribution is 7.80. The van der Waals surface area contributed by atoms with Gasteiger partial charge < -0.3 is 26.2 Å². The van der Waals surface area contributed by atoms with Gasteiger partial charge in [0.15, 0.2) is 22.7 Å². The number of rotatable bonds is 12. The molecular weight excluding hydrogens is 536 g/mol. The van der Waals surface area contributed by atoms with Gasteiger partial charge in [-0.15, -0.1) is 15.6 Å². The van der Waals surface area contributed by atoms with Gasteiger partial charge in [0.25, 0.3) is 5.91 Å². The first-order chi connectivity index (χ1) is 17.1. The maximum atomic E-state index is 13.1. The molecule has 2 unspecified atom stereocenters. The number of amides is 2. The van der Waals surface area contributed by atoms with Crippen LogP contribution in [0.15, 0.2) is 40.2 Å². The molecule has 37 heavy (non-hydrogen) atoms. The summed E-state index contributed by atoms with van der Waals surface area (Å²) in [5.74, 6) is -1.65. The van der Waals surface area contributed by atoms with Crippen LogP contribution in [-0.4, -0.2) is 67.7 Å². The molecule has 2 aromatic rings. The molecule has 0 aliphatic carbocycles. The number of carbonyl (C=O) groups is 2. The van der Waals surface area contributed by atoms with Gasteiger partial charge in [-0.25, -0.2) is 4.98 Å². The molecule has 2 rings (SSSR count). The van der Waals surface area contributed by atoms with Crippen molar-refractivity contribution in [1.82, 2.24) is 20.1 Å². The van der Waals surface area contributed by atoms with Crippen molar-refractivity contribution in [3.63, 3.8) is 0 Å². The largest absolute Gasteiger partial charge is 0.503 e. The Kier molecular flexibility index (Phi) is 8.99. The summed E-state index contributed by atoms with van der Waals surface area (Å²) in [6.45, 7) is 7.61. The van der Waals surface area contributed by atoms with Gasteiger partial charge in [0.2, 0.25) is 11.8 Å². The Hall–Kier alpha value is -4.00. The van der Waals surface area contributed by atoms with Crippen molar-refractivity contribution in [3.8, 4) is 5.75 Å². The lowest BCUT2D eigenvalue weighted by atomic mass is 9.95. The Morgan fingerprint density at radius 3 is 2.62 bits per heavy atom. The van der Waals surface area contributed by atoms with Crippen molar-refractivity contribution in [1.29, 1.82) is 0 Å². The summed E-state index contributed by atoms with van der Waals surface area (Å²) in [4.78, 5) is 45.6. The zero-order valence-corrected chi connectivity index (χ0v) is 21.3. The average Bonchev–Trinajstić information content (AvgIpc) is 3.22. The normalized spacial score (nSPS) is 13.9. The van der Waals surface area contributed by atoms with E-state index in [0.29, 0.717) is 9.79 Å². The molecular formula is C19H24N6O10S2. The van der Waals surface area contributed by atoms with Crippen molar-refractivity contribution in [2.45, 2.75) is 38.5 Å². The van der Waals surface area contributed by atoms with E-state index in [9.17, 15) is 33.1 Å². The van der Waals surface area contributed by atoms with E-state index in [-0.39, 0.29) is 22.9 Å². The van der Waals surface area contributed by atoms with Crippen LogP contribution in [0.25, 0.3) is 0 Å². The number of oxime groups is 1. The number of nitrogen functional groups attached to an aromatic ring is 1. The molecule has 0 aliphatic heterocycles. The van der Waals surface area contributed by atoms with Crippen molar-refractivity contribution in [2.24, 2.45) is 5.16 Å². The van der Waals surface area contributed by atoms with Gasteiger partial charge >= 0.3 is 10.4 Å². The van der Waals surface area contributed by atoms with Crippen LogP contribution in [-0.2, 0) is 29.1 Å². The number of hydrogen-bond acceptors (Lipinski definition) is 13. The SMILES string of the molecule is C=CC(O/N=C(\C(=O)NC(C)C(C)(C)N(C=O)OS(=O)(=O)O)c1csc(N)n1)c1cc(=O)c(O)cn1O. The number of pyridine rings is 1. The molecule has 0 radical (unpaired) electrons. The lowest BCUT2D eigenvalue weighted by Crippen LogP contribution is -2.58. The van der Waals surface area contributed by atoms with E-state index in [1.54, 1.807) is 0 Å². The molecule has 2 heterocycles. The number of carbonyl (C=O) groups excluding carboxylic acids is 2. The molecule has 0 aromatic carbocycles. The second kappa shape index (κ2) is 11.4. The molecule has 202 valence electrons. The maximum absolute atomic E-state index is 13.1. The van der Waals surface area contributed by atoms with E-state index < -0.39 is 50.9 Å². The first-order valence-corrected chi connectivity index (χ1v) is 12.3. The van der Waals surface area contributed by atoms with Crippen LogP contribution in [0.3, 0.4) is 0 Å². The molecule has 2 aromatic heterocycles. The highest BCUT2D eigenvalue weighted by atomic mass is 32.3. The second-order valence-corrected chi connectivity index (χ2v) is 9.74. The molecule has 6 N–H and O–H groups in total. The van der Waals surface area contributed by atoms with Crippen molar-refractivity contribution in [2.75, 3.05) is 5.73 Å². The third-order valence-electron chi connectivity index (χ3n) is 5.03. The Bertz CT molecular complexity index is 1370. The third kappa shape index (κ3) is 7.26. The summed E-state index contributed by atoms with van der Waals surface area (Å²) in [5, 5.41) is 27.5.